The Morgan fingerprint density at radius 1 is 1.13 bits per heavy atom. The van der Waals surface area contributed by atoms with Crippen LogP contribution < -0.4 is 5.32 Å². The minimum absolute atomic E-state index is 0.0914. The fraction of sp³-hybridized carbons (Fsp3) is 0.417. The number of aromatic nitrogens is 1. The topological polar surface area (TPSA) is 68.4 Å². The molecule has 2 saturated heterocycles. The van der Waals surface area contributed by atoms with Crippen LogP contribution in [0.3, 0.4) is 0 Å². The van der Waals surface area contributed by atoms with Crippen molar-refractivity contribution in [1.82, 2.24) is 14.8 Å². The highest BCUT2D eigenvalue weighted by Gasteiger charge is 2.47. The third-order valence-corrected chi connectivity index (χ3v) is 7.34. The number of rotatable bonds is 2. The molecule has 2 aromatic rings. The van der Waals surface area contributed by atoms with Gasteiger partial charge in [-0.25, -0.2) is 4.39 Å². The second-order valence-electron chi connectivity index (χ2n) is 9.05. The number of fused-ring (bicyclic) bond motifs is 3. The molecule has 2 amide bonds. The normalized spacial score (nSPS) is 26.4. The lowest BCUT2D eigenvalue weighted by Crippen LogP contribution is -2.49. The van der Waals surface area contributed by atoms with E-state index in [0.717, 1.165) is 55.0 Å². The standard InChI is InChI=1S/C24H25FN4O2/c1-13-18(12-16-15-11-14(25)6-7-17(15)27-23(16)30)26-21-20(13)24(31)29-10-4-5-19(29)22(21)28-8-2-3-9-28/h6-7,11-12,19,22,26H,2-5,8-10H2,1H3,(H,27,30)/b16-12-/t19-,22?/m1/s1. The largest absolute Gasteiger partial charge is 0.357 e. The van der Waals surface area contributed by atoms with Gasteiger partial charge in [-0.15, -0.1) is 0 Å². The summed E-state index contributed by atoms with van der Waals surface area (Å²) in [6, 6.07) is 4.68. The first-order valence-electron chi connectivity index (χ1n) is 11.1. The Labute approximate surface area is 180 Å². The van der Waals surface area contributed by atoms with Gasteiger partial charge < -0.3 is 15.2 Å². The fourth-order valence-electron chi connectivity index (χ4n) is 5.88. The number of aromatic amines is 1. The molecule has 160 valence electrons. The molecule has 0 bridgehead atoms. The minimum Gasteiger partial charge on any atom is -0.357 e. The van der Waals surface area contributed by atoms with E-state index in [0.29, 0.717) is 16.8 Å². The first kappa shape index (κ1) is 18.8. The molecule has 4 aliphatic heterocycles. The Kier molecular flexibility index (Phi) is 4.12. The van der Waals surface area contributed by atoms with Crippen LogP contribution in [0, 0.1) is 12.7 Å². The maximum atomic E-state index is 13.8. The van der Waals surface area contributed by atoms with Crippen LogP contribution in [0.5, 0.6) is 0 Å². The third kappa shape index (κ3) is 2.72. The molecule has 0 saturated carbocycles. The van der Waals surface area contributed by atoms with Gasteiger partial charge in [-0.2, -0.15) is 0 Å². The van der Waals surface area contributed by atoms with E-state index in [1.807, 2.05) is 6.92 Å². The lowest BCUT2D eigenvalue weighted by molar-refractivity contribution is -0.110. The van der Waals surface area contributed by atoms with Gasteiger partial charge in [0.25, 0.3) is 11.8 Å². The second kappa shape index (κ2) is 6.79. The lowest BCUT2D eigenvalue weighted by Gasteiger charge is -2.41. The zero-order chi connectivity index (χ0) is 21.3. The average Bonchev–Trinajstić information content (AvgIpc) is 3.52. The summed E-state index contributed by atoms with van der Waals surface area (Å²) >= 11 is 0. The van der Waals surface area contributed by atoms with Crippen LogP contribution >= 0.6 is 0 Å². The van der Waals surface area contributed by atoms with E-state index in [2.05, 4.69) is 20.1 Å². The number of anilines is 1. The Balaban J connectivity index is 1.49. The first-order valence-corrected chi connectivity index (χ1v) is 11.1. The molecule has 2 fully saturated rings. The zero-order valence-electron chi connectivity index (χ0n) is 17.5. The number of hydrogen-bond donors (Lipinski definition) is 2. The van der Waals surface area contributed by atoms with Crippen LogP contribution in [0.2, 0.25) is 0 Å². The molecule has 1 aromatic carbocycles. The molecule has 1 aromatic heterocycles. The van der Waals surface area contributed by atoms with E-state index in [1.54, 1.807) is 12.1 Å². The van der Waals surface area contributed by atoms with E-state index in [1.165, 1.54) is 25.0 Å². The summed E-state index contributed by atoms with van der Waals surface area (Å²) in [6.45, 7) is 4.85. The van der Waals surface area contributed by atoms with Crippen LogP contribution in [0.15, 0.2) is 18.2 Å². The molecule has 6 rings (SSSR count). The van der Waals surface area contributed by atoms with Crippen molar-refractivity contribution in [3.05, 3.63) is 52.1 Å². The molecule has 0 spiro atoms. The first-order chi connectivity index (χ1) is 15.0. The number of amides is 2. The monoisotopic (exact) mass is 420 g/mol. The van der Waals surface area contributed by atoms with Gasteiger partial charge in [0, 0.05) is 29.2 Å². The van der Waals surface area contributed by atoms with Crippen molar-refractivity contribution in [3.63, 3.8) is 0 Å². The van der Waals surface area contributed by atoms with Gasteiger partial charge in [-0.05, 0) is 75.5 Å². The van der Waals surface area contributed by atoms with E-state index in [-0.39, 0.29) is 29.7 Å². The van der Waals surface area contributed by atoms with E-state index in [9.17, 15) is 14.0 Å². The molecule has 0 aliphatic carbocycles. The maximum absolute atomic E-state index is 13.8. The van der Waals surface area contributed by atoms with E-state index in [4.69, 9.17) is 0 Å². The molecular weight excluding hydrogens is 395 g/mol. The molecule has 5 heterocycles. The van der Waals surface area contributed by atoms with Crippen LogP contribution in [0.4, 0.5) is 10.1 Å². The summed E-state index contributed by atoms with van der Waals surface area (Å²) in [5.74, 6) is -0.544. The van der Waals surface area contributed by atoms with Crippen molar-refractivity contribution in [1.29, 1.82) is 0 Å². The summed E-state index contributed by atoms with van der Waals surface area (Å²) in [4.78, 5) is 34.1. The van der Waals surface area contributed by atoms with Gasteiger partial charge in [-0.3, -0.25) is 14.5 Å². The van der Waals surface area contributed by atoms with Crippen molar-refractivity contribution in [2.75, 3.05) is 25.0 Å². The number of likely N-dealkylation sites (tertiary alicyclic amines) is 1. The number of carbonyl (C=O) groups is 2. The average molecular weight is 420 g/mol. The van der Waals surface area contributed by atoms with Gasteiger partial charge in [0.1, 0.15) is 5.82 Å². The van der Waals surface area contributed by atoms with Crippen molar-refractivity contribution in [3.8, 4) is 0 Å². The third-order valence-electron chi connectivity index (χ3n) is 7.34. The van der Waals surface area contributed by atoms with Gasteiger partial charge >= 0.3 is 0 Å². The smallest absolute Gasteiger partial charge is 0.256 e. The van der Waals surface area contributed by atoms with Gasteiger partial charge in [0.2, 0.25) is 0 Å². The van der Waals surface area contributed by atoms with E-state index < -0.39 is 0 Å². The molecule has 1 unspecified atom stereocenters. The number of halogens is 1. The molecular formula is C24H25FN4O2. The summed E-state index contributed by atoms with van der Waals surface area (Å²) < 4.78 is 13.8. The highest BCUT2D eigenvalue weighted by Crippen LogP contribution is 2.44. The Morgan fingerprint density at radius 2 is 1.94 bits per heavy atom. The molecule has 2 atom stereocenters. The number of hydrogen-bond acceptors (Lipinski definition) is 3. The van der Waals surface area contributed by atoms with Crippen LogP contribution in [0.25, 0.3) is 11.6 Å². The van der Waals surface area contributed by atoms with Crippen LogP contribution in [-0.4, -0.2) is 52.3 Å². The maximum Gasteiger partial charge on any atom is 0.256 e. The summed E-state index contributed by atoms with van der Waals surface area (Å²) in [5.41, 5.74) is 4.93. The Hall–Kier alpha value is -2.93. The van der Waals surface area contributed by atoms with E-state index >= 15 is 0 Å². The number of nitrogens with one attached hydrogen (secondary N) is 2. The summed E-state index contributed by atoms with van der Waals surface area (Å²) in [6.07, 6.45) is 6.21. The SMILES string of the molecule is Cc1c(/C=C2\C(=O)Nc3ccc(F)cc32)[nH]c2c1C(=O)N1CCC[C@@H]1C2N1CCCC1. The highest BCUT2D eigenvalue weighted by molar-refractivity contribution is 6.34. The van der Waals surface area contributed by atoms with Crippen LogP contribution in [-0.2, 0) is 4.79 Å². The molecule has 4 aliphatic rings. The van der Waals surface area contributed by atoms with Crippen molar-refractivity contribution >= 4 is 29.2 Å². The molecule has 0 radical (unpaired) electrons. The van der Waals surface area contributed by atoms with Gasteiger partial charge in [-0.1, -0.05) is 0 Å². The van der Waals surface area contributed by atoms with Gasteiger partial charge in [0.15, 0.2) is 0 Å². The second-order valence-corrected chi connectivity index (χ2v) is 9.05. The number of H-pyrrole nitrogens is 1. The summed E-state index contributed by atoms with van der Waals surface area (Å²) in [7, 11) is 0. The van der Waals surface area contributed by atoms with Gasteiger partial charge in [0.05, 0.1) is 23.2 Å². The fourth-order valence-corrected chi connectivity index (χ4v) is 5.88. The predicted molar refractivity (Wildman–Crippen MR) is 116 cm³/mol. The molecule has 7 heteroatoms. The number of benzene rings is 1. The molecule has 2 N–H and O–H groups in total. The summed E-state index contributed by atoms with van der Waals surface area (Å²) in [5, 5.41) is 2.80. The zero-order valence-corrected chi connectivity index (χ0v) is 17.5. The highest BCUT2D eigenvalue weighted by atomic mass is 19.1. The van der Waals surface area contributed by atoms with Crippen LogP contribution in [0.1, 0.15) is 64.6 Å². The van der Waals surface area contributed by atoms with Crippen molar-refractivity contribution in [2.45, 2.75) is 44.7 Å². The quantitative estimate of drug-likeness (QED) is 0.728. The Morgan fingerprint density at radius 3 is 2.74 bits per heavy atom. The molecule has 6 nitrogen and oxygen atoms in total. The number of nitrogens with zero attached hydrogens (tertiary/aromatic N) is 2. The number of carbonyl (C=O) groups excluding carboxylic acids is 2. The molecule has 31 heavy (non-hydrogen) atoms. The Bertz CT molecular complexity index is 1140. The van der Waals surface area contributed by atoms with Crippen molar-refractivity contribution < 1.29 is 14.0 Å². The van der Waals surface area contributed by atoms with Crippen molar-refractivity contribution in [2.24, 2.45) is 0 Å². The minimum atomic E-state index is -0.381. The predicted octanol–water partition coefficient (Wildman–Crippen LogP) is 3.71. The lowest BCUT2D eigenvalue weighted by atomic mass is 9.91.